The van der Waals surface area contributed by atoms with Crippen LogP contribution in [0.15, 0.2) is 24.3 Å². The summed E-state index contributed by atoms with van der Waals surface area (Å²) < 4.78 is 28.8. The van der Waals surface area contributed by atoms with Crippen molar-refractivity contribution in [3.05, 3.63) is 29.8 Å². The van der Waals surface area contributed by atoms with Gasteiger partial charge in [0.25, 0.3) is 0 Å². The van der Waals surface area contributed by atoms with Gasteiger partial charge in [-0.15, -0.1) is 0 Å². The van der Waals surface area contributed by atoms with E-state index in [1.54, 1.807) is 18.2 Å². The second kappa shape index (κ2) is 7.10. The van der Waals surface area contributed by atoms with E-state index in [4.69, 9.17) is 0 Å². The monoisotopic (exact) mass is 287 g/mol. The summed E-state index contributed by atoms with van der Waals surface area (Å²) in [5.74, 6) is 2.61. The molecular weight excluding hydrogens is 268 g/mol. The number of nitrogens with one attached hydrogen (secondary N) is 1. The minimum atomic E-state index is -2.77. The third kappa shape index (κ3) is 4.66. The van der Waals surface area contributed by atoms with Crippen molar-refractivity contribution >= 4 is 11.8 Å². The first-order chi connectivity index (χ1) is 9.15. The lowest BCUT2D eigenvalue weighted by Crippen LogP contribution is -2.34. The van der Waals surface area contributed by atoms with Crippen LogP contribution >= 0.6 is 11.8 Å². The van der Waals surface area contributed by atoms with Crippen molar-refractivity contribution in [2.24, 2.45) is 0 Å². The van der Waals surface area contributed by atoms with E-state index in [-0.39, 0.29) is 11.8 Å². The predicted octanol–water partition coefficient (Wildman–Crippen LogP) is 3.83. The van der Waals surface area contributed by atoms with Crippen LogP contribution in [-0.2, 0) is 0 Å². The molecule has 1 heterocycles. The van der Waals surface area contributed by atoms with Gasteiger partial charge in [0.15, 0.2) is 0 Å². The predicted molar refractivity (Wildman–Crippen MR) is 75.0 cm³/mol. The third-order valence-corrected chi connectivity index (χ3v) is 4.34. The fourth-order valence-electron chi connectivity index (χ4n) is 2.27. The van der Waals surface area contributed by atoms with Gasteiger partial charge in [-0.25, -0.2) is 0 Å². The Kier molecular flexibility index (Phi) is 5.45. The van der Waals surface area contributed by atoms with Crippen molar-refractivity contribution in [2.75, 3.05) is 11.5 Å². The lowest BCUT2D eigenvalue weighted by Gasteiger charge is -2.26. The van der Waals surface area contributed by atoms with E-state index in [1.165, 1.54) is 24.3 Å². The van der Waals surface area contributed by atoms with Crippen LogP contribution < -0.4 is 10.1 Å². The molecule has 2 nitrogen and oxygen atoms in total. The van der Waals surface area contributed by atoms with Crippen LogP contribution in [0.25, 0.3) is 0 Å². The first kappa shape index (κ1) is 14.6. The van der Waals surface area contributed by atoms with Gasteiger partial charge in [-0.1, -0.05) is 12.1 Å². The molecule has 1 fully saturated rings. The number of hydrogen-bond donors (Lipinski definition) is 1. The summed E-state index contributed by atoms with van der Waals surface area (Å²) in [6, 6.07) is 7.60. The normalized spacial score (nSPS) is 18.5. The SMILES string of the molecule is CC(NC1CCSCC1)c1cccc(OC(F)F)c1. The maximum absolute atomic E-state index is 12.2. The first-order valence-electron chi connectivity index (χ1n) is 6.53. The van der Waals surface area contributed by atoms with E-state index in [1.807, 2.05) is 17.8 Å². The van der Waals surface area contributed by atoms with Gasteiger partial charge in [0.1, 0.15) is 5.75 Å². The molecule has 0 amide bonds. The molecule has 5 heteroatoms. The van der Waals surface area contributed by atoms with Crippen LogP contribution in [0.4, 0.5) is 8.78 Å². The number of halogens is 2. The van der Waals surface area contributed by atoms with Gasteiger partial charge in [-0.05, 0) is 49.0 Å². The minimum Gasteiger partial charge on any atom is -0.435 e. The molecule has 0 spiro atoms. The lowest BCUT2D eigenvalue weighted by molar-refractivity contribution is -0.0499. The van der Waals surface area contributed by atoms with E-state index < -0.39 is 6.61 Å². The van der Waals surface area contributed by atoms with Crippen LogP contribution in [0.3, 0.4) is 0 Å². The van der Waals surface area contributed by atoms with Gasteiger partial charge >= 0.3 is 6.61 Å². The Hall–Kier alpha value is -0.810. The average molecular weight is 287 g/mol. The highest BCUT2D eigenvalue weighted by Crippen LogP contribution is 2.23. The number of rotatable bonds is 5. The Balaban J connectivity index is 1.95. The molecule has 0 aromatic heterocycles. The van der Waals surface area contributed by atoms with E-state index in [0.717, 1.165) is 5.56 Å². The summed E-state index contributed by atoms with van der Waals surface area (Å²) in [7, 11) is 0. The summed E-state index contributed by atoms with van der Waals surface area (Å²) in [5.41, 5.74) is 0.983. The number of hydrogen-bond acceptors (Lipinski definition) is 3. The standard InChI is InChI=1S/C14H19F2NOS/c1-10(17-12-5-7-19-8-6-12)11-3-2-4-13(9-11)18-14(15)16/h2-4,9-10,12,14,17H,5-8H2,1H3. The van der Waals surface area contributed by atoms with Crippen molar-refractivity contribution in [1.29, 1.82) is 0 Å². The molecule has 1 unspecified atom stereocenters. The lowest BCUT2D eigenvalue weighted by atomic mass is 10.1. The zero-order valence-corrected chi connectivity index (χ0v) is 11.8. The molecule has 2 rings (SSSR count). The highest BCUT2D eigenvalue weighted by Gasteiger charge is 2.17. The minimum absolute atomic E-state index is 0.148. The van der Waals surface area contributed by atoms with Gasteiger partial charge < -0.3 is 10.1 Å². The highest BCUT2D eigenvalue weighted by atomic mass is 32.2. The Bertz CT molecular complexity index is 397. The molecule has 1 aliphatic rings. The second-order valence-corrected chi connectivity index (χ2v) is 5.95. The Morgan fingerprint density at radius 3 is 2.74 bits per heavy atom. The van der Waals surface area contributed by atoms with E-state index in [2.05, 4.69) is 17.0 Å². The smallest absolute Gasteiger partial charge is 0.387 e. The van der Waals surface area contributed by atoms with Gasteiger partial charge in [-0.3, -0.25) is 0 Å². The van der Waals surface area contributed by atoms with E-state index in [9.17, 15) is 8.78 Å². The third-order valence-electron chi connectivity index (χ3n) is 3.29. The van der Waals surface area contributed by atoms with Crippen LogP contribution in [0.5, 0.6) is 5.75 Å². The molecule has 1 aliphatic heterocycles. The van der Waals surface area contributed by atoms with Gasteiger partial charge in [0.05, 0.1) is 0 Å². The molecule has 19 heavy (non-hydrogen) atoms. The van der Waals surface area contributed by atoms with Crippen molar-refractivity contribution in [1.82, 2.24) is 5.32 Å². The molecule has 1 N–H and O–H groups in total. The fourth-order valence-corrected chi connectivity index (χ4v) is 3.38. The zero-order chi connectivity index (χ0) is 13.7. The number of thioether (sulfide) groups is 1. The molecule has 0 bridgehead atoms. The van der Waals surface area contributed by atoms with Crippen LogP contribution in [-0.4, -0.2) is 24.2 Å². The fraction of sp³-hybridized carbons (Fsp3) is 0.571. The molecule has 106 valence electrons. The van der Waals surface area contributed by atoms with Crippen molar-refractivity contribution < 1.29 is 13.5 Å². The summed E-state index contributed by atoms with van der Waals surface area (Å²) in [5, 5.41) is 3.56. The topological polar surface area (TPSA) is 21.3 Å². The van der Waals surface area contributed by atoms with Crippen LogP contribution in [0.1, 0.15) is 31.4 Å². The first-order valence-corrected chi connectivity index (χ1v) is 7.69. The highest BCUT2D eigenvalue weighted by molar-refractivity contribution is 7.99. The van der Waals surface area contributed by atoms with Crippen molar-refractivity contribution in [3.63, 3.8) is 0 Å². The second-order valence-electron chi connectivity index (χ2n) is 4.73. The van der Waals surface area contributed by atoms with Gasteiger partial charge in [-0.2, -0.15) is 20.5 Å². The van der Waals surface area contributed by atoms with E-state index >= 15 is 0 Å². The largest absolute Gasteiger partial charge is 0.435 e. The summed E-state index contributed by atoms with van der Waals surface area (Å²) in [6.07, 6.45) is 2.34. The average Bonchev–Trinajstić information content (AvgIpc) is 2.39. The van der Waals surface area contributed by atoms with Crippen molar-refractivity contribution in [3.8, 4) is 5.75 Å². The molecule has 0 aliphatic carbocycles. The van der Waals surface area contributed by atoms with Crippen LogP contribution in [0.2, 0.25) is 0 Å². The molecule has 1 atom stereocenters. The molecule has 1 aromatic carbocycles. The van der Waals surface area contributed by atoms with Gasteiger partial charge in [0, 0.05) is 12.1 Å². The molecular formula is C14H19F2NOS. The maximum Gasteiger partial charge on any atom is 0.387 e. The quantitative estimate of drug-likeness (QED) is 0.889. The number of alkyl halides is 2. The summed E-state index contributed by atoms with van der Waals surface area (Å²) in [4.78, 5) is 0. The maximum atomic E-state index is 12.2. The molecule has 0 saturated carbocycles. The molecule has 1 aromatic rings. The number of ether oxygens (including phenoxy) is 1. The Morgan fingerprint density at radius 2 is 2.05 bits per heavy atom. The zero-order valence-electron chi connectivity index (χ0n) is 10.9. The number of benzene rings is 1. The van der Waals surface area contributed by atoms with Crippen LogP contribution in [0, 0.1) is 0 Å². The summed E-state index contributed by atoms with van der Waals surface area (Å²) >= 11 is 1.99. The summed E-state index contributed by atoms with van der Waals surface area (Å²) in [6.45, 7) is -0.711. The Morgan fingerprint density at radius 1 is 1.32 bits per heavy atom. The van der Waals surface area contributed by atoms with Gasteiger partial charge in [0.2, 0.25) is 0 Å². The Labute approximate surface area is 116 Å². The van der Waals surface area contributed by atoms with E-state index in [0.29, 0.717) is 6.04 Å². The molecule has 1 saturated heterocycles. The van der Waals surface area contributed by atoms with Crippen molar-refractivity contribution in [2.45, 2.75) is 38.5 Å². The molecule has 0 radical (unpaired) electrons.